The smallest absolute Gasteiger partial charge is 0.0947 e. The van der Waals surface area contributed by atoms with Gasteiger partial charge in [0.15, 0.2) is 0 Å². The van der Waals surface area contributed by atoms with Crippen LogP contribution >= 0.6 is 0 Å². The minimum Gasteiger partial charge on any atom is -0.472 e. The van der Waals surface area contributed by atoms with Crippen molar-refractivity contribution in [3.8, 4) is 0 Å². The fourth-order valence-electron chi connectivity index (χ4n) is 2.65. The number of aryl methyl sites for hydroxylation is 2. The molecule has 0 saturated heterocycles. The lowest BCUT2D eigenvalue weighted by atomic mass is 9.95. The lowest BCUT2D eigenvalue weighted by Crippen LogP contribution is -2.31. The average molecular weight is 258 g/mol. The van der Waals surface area contributed by atoms with Crippen LogP contribution in [0.1, 0.15) is 28.3 Å². The Morgan fingerprint density at radius 2 is 1.89 bits per heavy atom. The van der Waals surface area contributed by atoms with Crippen LogP contribution in [-0.4, -0.2) is 18.5 Å². The first-order valence-corrected chi connectivity index (χ1v) is 6.61. The highest BCUT2D eigenvalue weighted by atomic mass is 16.3. The molecule has 1 aromatic carbocycles. The topological polar surface area (TPSA) is 42.4 Å². The van der Waals surface area contributed by atoms with E-state index in [-0.39, 0.29) is 6.04 Å². The average Bonchev–Trinajstić information content (AvgIpc) is 2.86. The summed E-state index contributed by atoms with van der Waals surface area (Å²) in [5, 5.41) is 0. The Kier molecular flexibility index (Phi) is 4.40. The van der Waals surface area contributed by atoms with Crippen LogP contribution in [0.25, 0.3) is 0 Å². The summed E-state index contributed by atoms with van der Waals surface area (Å²) in [4.78, 5) is 2.28. The molecule has 0 bridgehead atoms. The molecule has 3 heteroatoms. The van der Waals surface area contributed by atoms with Crippen molar-refractivity contribution in [1.29, 1.82) is 0 Å². The van der Waals surface area contributed by atoms with Gasteiger partial charge in [-0.1, -0.05) is 18.2 Å². The molecule has 19 heavy (non-hydrogen) atoms. The monoisotopic (exact) mass is 258 g/mol. The summed E-state index contributed by atoms with van der Waals surface area (Å²) in [5.41, 5.74) is 11.1. The van der Waals surface area contributed by atoms with E-state index in [9.17, 15) is 0 Å². The first-order chi connectivity index (χ1) is 9.13. The predicted molar refractivity (Wildman–Crippen MR) is 77.9 cm³/mol. The second kappa shape index (κ2) is 6.04. The summed E-state index contributed by atoms with van der Waals surface area (Å²) >= 11 is 0. The number of nitrogens with zero attached hydrogens (tertiary/aromatic N) is 1. The molecular weight excluding hydrogens is 236 g/mol. The van der Waals surface area contributed by atoms with Crippen molar-refractivity contribution in [2.45, 2.75) is 26.4 Å². The SMILES string of the molecule is Cc1cccc(C)c1C(CN)N(C)Cc1ccoc1. The maximum atomic E-state index is 6.01. The van der Waals surface area contributed by atoms with E-state index in [1.807, 2.05) is 6.07 Å². The van der Waals surface area contributed by atoms with E-state index in [4.69, 9.17) is 10.2 Å². The minimum absolute atomic E-state index is 0.232. The van der Waals surface area contributed by atoms with Crippen LogP contribution in [0.15, 0.2) is 41.2 Å². The van der Waals surface area contributed by atoms with Crippen molar-refractivity contribution < 1.29 is 4.42 Å². The Morgan fingerprint density at radius 1 is 1.21 bits per heavy atom. The zero-order chi connectivity index (χ0) is 13.8. The summed E-state index contributed by atoms with van der Waals surface area (Å²) in [6.45, 7) is 5.75. The van der Waals surface area contributed by atoms with E-state index >= 15 is 0 Å². The molecular formula is C16H22N2O. The van der Waals surface area contributed by atoms with E-state index in [2.05, 4.69) is 44.0 Å². The molecule has 2 N–H and O–H groups in total. The highest BCUT2D eigenvalue weighted by Gasteiger charge is 2.19. The Labute approximate surface area is 115 Å². The molecule has 0 amide bonds. The Bertz CT molecular complexity index is 499. The second-order valence-corrected chi connectivity index (χ2v) is 5.10. The zero-order valence-electron chi connectivity index (χ0n) is 11.9. The number of rotatable bonds is 5. The van der Waals surface area contributed by atoms with E-state index < -0.39 is 0 Å². The highest BCUT2D eigenvalue weighted by molar-refractivity contribution is 5.36. The van der Waals surface area contributed by atoms with Crippen molar-refractivity contribution >= 4 is 0 Å². The van der Waals surface area contributed by atoms with Gasteiger partial charge in [-0.15, -0.1) is 0 Å². The first-order valence-electron chi connectivity index (χ1n) is 6.61. The van der Waals surface area contributed by atoms with Crippen LogP contribution in [0.3, 0.4) is 0 Å². The molecule has 2 rings (SSSR count). The highest BCUT2D eigenvalue weighted by Crippen LogP contribution is 2.26. The molecule has 0 radical (unpaired) electrons. The summed E-state index contributed by atoms with van der Waals surface area (Å²) in [5.74, 6) is 0. The number of likely N-dealkylation sites (N-methyl/N-ethyl adjacent to an activating group) is 1. The van der Waals surface area contributed by atoms with Gasteiger partial charge in [0.1, 0.15) is 0 Å². The molecule has 0 fully saturated rings. The largest absolute Gasteiger partial charge is 0.472 e. The minimum atomic E-state index is 0.232. The quantitative estimate of drug-likeness (QED) is 0.896. The van der Waals surface area contributed by atoms with Crippen molar-refractivity contribution in [1.82, 2.24) is 4.90 Å². The number of hydrogen-bond donors (Lipinski definition) is 1. The van der Waals surface area contributed by atoms with Crippen LogP contribution in [0.2, 0.25) is 0 Å². The van der Waals surface area contributed by atoms with Gasteiger partial charge in [0, 0.05) is 24.7 Å². The summed E-state index contributed by atoms with van der Waals surface area (Å²) < 4.78 is 5.12. The van der Waals surface area contributed by atoms with E-state index in [0.29, 0.717) is 6.54 Å². The maximum Gasteiger partial charge on any atom is 0.0947 e. The molecule has 0 aliphatic heterocycles. The summed E-state index contributed by atoms with van der Waals surface area (Å²) in [6, 6.07) is 8.62. The molecule has 102 valence electrons. The van der Waals surface area contributed by atoms with Gasteiger partial charge in [0.2, 0.25) is 0 Å². The van der Waals surface area contributed by atoms with Crippen LogP contribution in [-0.2, 0) is 6.54 Å². The van der Waals surface area contributed by atoms with E-state index in [0.717, 1.165) is 6.54 Å². The molecule has 1 atom stereocenters. The third-order valence-electron chi connectivity index (χ3n) is 3.64. The van der Waals surface area contributed by atoms with E-state index in [1.54, 1.807) is 12.5 Å². The number of furan rings is 1. The van der Waals surface area contributed by atoms with Gasteiger partial charge in [0.05, 0.1) is 12.5 Å². The number of benzene rings is 1. The Balaban J connectivity index is 2.24. The van der Waals surface area contributed by atoms with Crippen molar-refractivity contribution in [2.75, 3.05) is 13.6 Å². The Morgan fingerprint density at radius 3 is 2.42 bits per heavy atom. The fraction of sp³-hybridized carbons (Fsp3) is 0.375. The number of nitrogens with two attached hydrogens (primary N) is 1. The van der Waals surface area contributed by atoms with Gasteiger partial charge < -0.3 is 10.2 Å². The van der Waals surface area contributed by atoms with Crippen LogP contribution < -0.4 is 5.73 Å². The molecule has 0 spiro atoms. The van der Waals surface area contributed by atoms with Gasteiger partial charge in [-0.2, -0.15) is 0 Å². The second-order valence-electron chi connectivity index (χ2n) is 5.10. The van der Waals surface area contributed by atoms with Gasteiger partial charge in [-0.3, -0.25) is 4.90 Å². The van der Waals surface area contributed by atoms with Gasteiger partial charge in [0.25, 0.3) is 0 Å². The molecule has 1 heterocycles. The predicted octanol–water partition coefficient (Wildman–Crippen LogP) is 3.03. The molecule has 1 unspecified atom stereocenters. The first kappa shape index (κ1) is 13.8. The van der Waals surface area contributed by atoms with Gasteiger partial charge >= 0.3 is 0 Å². The van der Waals surface area contributed by atoms with Crippen LogP contribution in [0.4, 0.5) is 0 Å². The van der Waals surface area contributed by atoms with Gasteiger partial charge in [-0.25, -0.2) is 0 Å². The van der Waals surface area contributed by atoms with Gasteiger partial charge in [-0.05, 0) is 43.7 Å². The normalized spacial score (nSPS) is 12.9. The molecule has 0 saturated carbocycles. The lowest BCUT2D eigenvalue weighted by molar-refractivity contribution is 0.239. The fourth-order valence-corrected chi connectivity index (χ4v) is 2.65. The maximum absolute atomic E-state index is 6.01. The zero-order valence-corrected chi connectivity index (χ0v) is 11.9. The molecule has 1 aromatic heterocycles. The van der Waals surface area contributed by atoms with Crippen molar-refractivity contribution in [3.63, 3.8) is 0 Å². The van der Waals surface area contributed by atoms with Crippen molar-refractivity contribution in [3.05, 3.63) is 59.0 Å². The third-order valence-corrected chi connectivity index (χ3v) is 3.64. The lowest BCUT2D eigenvalue weighted by Gasteiger charge is -2.29. The molecule has 2 aromatic rings. The van der Waals surface area contributed by atoms with Crippen molar-refractivity contribution in [2.24, 2.45) is 5.73 Å². The van der Waals surface area contributed by atoms with E-state index in [1.165, 1.54) is 22.3 Å². The Hall–Kier alpha value is -1.58. The number of hydrogen-bond acceptors (Lipinski definition) is 3. The standard InChI is InChI=1S/C16H22N2O/c1-12-5-4-6-13(2)16(12)15(9-17)18(3)10-14-7-8-19-11-14/h4-8,11,15H,9-10,17H2,1-3H3. The van der Waals surface area contributed by atoms with Crippen LogP contribution in [0.5, 0.6) is 0 Å². The molecule has 0 aliphatic rings. The van der Waals surface area contributed by atoms with Crippen LogP contribution in [0, 0.1) is 13.8 Å². The summed E-state index contributed by atoms with van der Waals surface area (Å²) in [6.07, 6.45) is 3.49. The molecule has 0 aliphatic carbocycles. The third kappa shape index (κ3) is 3.06. The summed E-state index contributed by atoms with van der Waals surface area (Å²) in [7, 11) is 2.11. The molecule has 3 nitrogen and oxygen atoms in total.